The van der Waals surface area contributed by atoms with Crippen molar-refractivity contribution in [2.75, 3.05) is 45.6 Å². The quantitative estimate of drug-likeness (QED) is 0.0885. The van der Waals surface area contributed by atoms with E-state index in [1.807, 2.05) is 24.4 Å². The van der Waals surface area contributed by atoms with E-state index in [2.05, 4.69) is 140 Å². The molecule has 368 valence electrons. The molecule has 0 unspecified atom stereocenters. The van der Waals surface area contributed by atoms with Crippen molar-refractivity contribution in [3.05, 3.63) is 121 Å². The minimum Gasteiger partial charge on any atom is -0.351 e. The van der Waals surface area contributed by atoms with Gasteiger partial charge in [-0.1, -0.05) is 65.8 Å². The highest BCUT2D eigenvalue weighted by Gasteiger charge is 2.23. The van der Waals surface area contributed by atoms with Crippen molar-refractivity contribution >= 4 is 51.8 Å². The van der Waals surface area contributed by atoms with Gasteiger partial charge in [-0.15, -0.1) is 22.7 Å². The normalized spacial score (nSPS) is 15.2. The number of hydrogen-bond acceptors (Lipinski definition) is 14. The van der Waals surface area contributed by atoms with Gasteiger partial charge in [0.05, 0.1) is 31.2 Å². The number of rotatable bonds is 12. The molecule has 0 amide bonds. The van der Waals surface area contributed by atoms with Crippen LogP contribution in [0.3, 0.4) is 0 Å². The fourth-order valence-corrected chi connectivity index (χ4v) is 9.99. The third-order valence-electron chi connectivity index (χ3n) is 12.5. The fraction of sp³-hybridized carbons (Fsp3) is 0.481. The molecular weight excluding hydrogens is 920 g/mol. The molecule has 6 aromatic rings. The number of nitrogens with one attached hydrogen (secondary N) is 1. The summed E-state index contributed by atoms with van der Waals surface area (Å²) >= 11 is 8.89. The van der Waals surface area contributed by atoms with Gasteiger partial charge in [0.25, 0.3) is 0 Å². The molecule has 8 rings (SSSR count). The van der Waals surface area contributed by atoms with Crippen molar-refractivity contribution in [1.29, 1.82) is 0 Å². The van der Waals surface area contributed by atoms with Crippen molar-refractivity contribution in [2.45, 2.75) is 130 Å². The Balaban J connectivity index is 0.000000199. The third-order valence-corrected chi connectivity index (χ3v) is 15.6. The fourth-order valence-electron chi connectivity index (χ4n) is 7.96. The van der Waals surface area contributed by atoms with E-state index < -0.39 is 0 Å². The van der Waals surface area contributed by atoms with Crippen molar-refractivity contribution in [2.24, 2.45) is 5.73 Å². The summed E-state index contributed by atoms with van der Waals surface area (Å²) in [4.78, 5) is 57.6. The van der Waals surface area contributed by atoms with Gasteiger partial charge in [0.1, 0.15) is 0 Å². The molecule has 69 heavy (non-hydrogen) atoms. The Morgan fingerprint density at radius 2 is 1.12 bits per heavy atom. The van der Waals surface area contributed by atoms with Gasteiger partial charge in [-0.2, -0.15) is 0 Å². The summed E-state index contributed by atoms with van der Waals surface area (Å²) in [7, 11) is 4.31. The largest absolute Gasteiger partial charge is 0.351 e. The average Bonchev–Trinajstić information content (AvgIpc) is 4.03. The first kappa shape index (κ1) is 53.5. The molecular formula is C54H71ClN10O2S2. The lowest BCUT2D eigenvalue weighted by atomic mass is 9.98. The number of nitrogens with two attached hydrogens (primary N) is 1. The van der Waals surface area contributed by atoms with Gasteiger partial charge in [0, 0.05) is 71.7 Å². The number of piperidine rings is 2. The summed E-state index contributed by atoms with van der Waals surface area (Å²) in [5.74, 6) is 1.00. The first-order chi connectivity index (χ1) is 32.7. The SMILES string of the molecule is CN1CCC(N)CC1.Cc1cc(-c2ccnc(Cl)n2)ccc1CCC(=O)c1cnc(C(C)(C)C)s1.Cc1cc(-c2ccnc(NC3CCN(C)CC3)n2)ccc1CCC(=O)c1cnc(C(C)(C)C)s1. The zero-order chi connectivity index (χ0) is 49.9. The first-order valence-corrected chi connectivity index (χ1v) is 26.1. The van der Waals surface area contributed by atoms with Crippen LogP contribution in [0.1, 0.15) is 132 Å². The summed E-state index contributed by atoms with van der Waals surface area (Å²) < 4.78 is 0. The Morgan fingerprint density at radius 3 is 1.54 bits per heavy atom. The minimum absolute atomic E-state index is 0.0283. The Morgan fingerprint density at radius 1 is 0.667 bits per heavy atom. The lowest BCUT2D eigenvalue weighted by Gasteiger charge is -2.29. The van der Waals surface area contributed by atoms with Crippen LogP contribution in [0.5, 0.6) is 0 Å². The van der Waals surface area contributed by atoms with Gasteiger partial charge in [-0.25, -0.2) is 29.9 Å². The van der Waals surface area contributed by atoms with E-state index >= 15 is 0 Å². The van der Waals surface area contributed by atoms with Crippen LogP contribution >= 0.6 is 34.3 Å². The van der Waals surface area contributed by atoms with E-state index in [1.165, 1.54) is 59.7 Å². The number of benzene rings is 2. The topological polar surface area (TPSA) is 156 Å². The molecule has 6 heterocycles. The second-order valence-electron chi connectivity index (χ2n) is 20.5. The van der Waals surface area contributed by atoms with Gasteiger partial charge in [0.15, 0.2) is 11.6 Å². The molecule has 2 aromatic carbocycles. The van der Waals surface area contributed by atoms with Crippen molar-refractivity contribution in [3.63, 3.8) is 0 Å². The van der Waals surface area contributed by atoms with Gasteiger partial charge in [-0.05, 0) is 151 Å². The predicted octanol–water partition coefficient (Wildman–Crippen LogP) is 11.2. The van der Waals surface area contributed by atoms with Crippen LogP contribution in [0, 0.1) is 13.8 Å². The first-order valence-electron chi connectivity index (χ1n) is 24.1. The number of carbonyl (C=O) groups excluding carboxylic acids is 2. The second kappa shape index (κ2) is 24.3. The molecule has 2 aliphatic rings. The highest BCUT2D eigenvalue weighted by molar-refractivity contribution is 7.14. The molecule has 12 nitrogen and oxygen atoms in total. The van der Waals surface area contributed by atoms with Gasteiger partial charge in [-0.3, -0.25) is 9.59 Å². The maximum absolute atomic E-state index is 12.7. The van der Waals surface area contributed by atoms with Crippen LogP contribution in [0.15, 0.2) is 73.3 Å². The number of Topliss-reactive ketones (excluding diaryl/α,β-unsaturated/α-hetero) is 2. The zero-order valence-electron chi connectivity index (χ0n) is 42.2. The van der Waals surface area contributed by atoms with Crippen LogP contribution in [-0.4, -0.2) is 104 Å². The summed E-state index contributed by atoms with van der Waals surface area (Å²) in [6.07, 6.45) is 13.9. The molecule has 2 saturated heterocycles. The van der Waals surface area contributed by atoms with Gasteiger partial charge >= 0.3 is 0 Å². The maximum atomic E-state index is 12.7. The molecule has 0 atom stereocenters. The van der Waals surface area contributed by atoms with Crippen molar-refractivity contribution in [1.82, 2.24) is 39.7 Å². The molecule has 4 aromatic heterocycles. The highest BCUT2D eigenvalue weighted by Crippen LogP contribution is 2.30. The molecule has 0 bridgehead atoms. The predicted molar refractivity (Wildman–Crippen MR) is 285 cm³/mol. The van der Waals surface area contributed by atoms with Crippen molar-refractivity contribution in [3.8, 4) is 22.5 Å². The van der Waals surface area contributed by atoms with E-state index in [0.29, 0.717) is 37.3 Å². The van der Waals surface area contributed by atoms with E-state index in [0.717, 1.165) is 85.8 Å². The molecule has 3 N–H and O–H groups in total. The Bertz CT molecular complexity index is 2630. The number of carbonyl (C=O) groups is 2. The Labute approximate surface area is 423 Å². The number of thiazole rings is 2. The summed E-state index contributed by atoms with van der Waals surface area (Å²) in [6.45, 7) is 21.4. The van der Waals surface area contributed by atoms with Crippen LogP contribution in [-0.2, 0) is 23.7 Å². The van der Waals surface area contributed by atoms with E-state index in [4.69, 9.17) is 22.3 Å². The second-order valence-corrected chi connectivity index (χ2v) is 22.9. The minimum atomic E-state index is -0.0287. The summed E-state index contributed by atoms with van der Waals surface area (Å²) in [6, 6.07) is 17.2. The summed E-state index contributed by atoms with van der Waals surface area (Å²) in [5, 5.41) is 5.74. The monoisotopic (exact) mass is 990 g/mol. The number of nitrogens with zero attached hydrogens (tertiary/aromatic N) is 8. The van der Waals surface area contributed by atoms with Crippen LogP contribution in [0.25, 0.3) is 22.5 Å². The molecule has 0 spiro atoms. The highest BCUT2D eigenvalue weighted by atomic mass is 35.5. The number of likely N-dealkylation sites (tertiary alicyclic amines) is 2. The van der Waals surface area contributed by atoms with Gasteiger partial charge < -0.3 is 20.9 Å². The number of halogens is 1. The Hall–Kier alpha value is -4.83. The Kier molecular flexibility index (Phi) is 18.9. The number of aromatic nitrogens is 6. The lowest BCUT2D eigenvalue weighted by molar-refractivity contribution is 0.0978. The number of ketones is 2. The molecule has 15 heteroatoms. The molecule has 0 saturated carbocycles. The maximum Gasteiger partial charge on any atom is 0.223 e. The molecule has 2 aliphatic heterocycles. The average molecular weight is 992 g/mol. The van der Waals surface area contributed by atoms with E-state index in [9.17, 15) is 9.59 Å². The lowest BCUT2D eigenvalue weighted by Crippen LogP contribution is -2.37. The van der Waals surface area contributed by atoms with Crippen molar-refractivity contribution < 1.29 is 9.59 Å². The van der Waals surface area contributed by atoms with Gasteiger partial charge in [0.2, 0.25) is 11.2 Å². The zero-order valence-corrected chi connectivity index (χ0v) is 44.6. The number of hydrogen-bond donors (Lipinski definition) is 2. The molecule has 0 radical (unpaired) electrons. The van der Waals surface area contributed by atoms with Crippen LogP contribution < -0.4 is 11.1 Å². The van der Waals surface area contributed by atoms with Crippen LogP contribution in [0.4, 0.5) is 5.95 Å². The standard InChI is InChI=1S/C27H35N5OS.C21H22ClN3OS.C6H14N2/c1-18-16-20(22-10-13-28-26(31-22)30-21-11-14-32(5)15-12-21)7-6-19(18)8-9-23(33)24-17-29-25(34-24)27(2,3)4;1-13-11-15(16-9-10-23-20(22)25-16)6-5-14(13)7-8-17(26)18-12-24-19(27-18)21(2,3)4;1-8-4-2-6(7)3-5-8/h6-7,10,13,16-17,21H,8-9,11-12,14-15H2,1-5H3,(H,28,30,31);5-6,9-12H,7-8H2,1-4H3;6H,2-5,7H2,1H3. The molecule has 2 fully saturated rings. The number of aryl methyl sites for hydroxylation is 4. The van der Waals surface area contributed by atoms with Crippen LogP contribution in [0.2, 0.25) is 5.28 Å². The summed E-state index contributed by atoms with van der Waals surface area (Å²) in [5.41, 5.74) is 14.0. The molecule has 0 aliphatic carbocycles. The smallest absolute Gasteiger partial charge is 0.223 e. The third kappa shape index (κ3) is 16.1. The number of anilines is 1. The van der Waals surface area contributed by atoms with E-state index in [1.54, 1.807) is 18.6 Å². The van der Waals surface area contributed by atoms with E-state index in [-0.39, 0.29) is 27.7 Å².